The fourth-order valence-corrected chi connectivity index (χ4v) is 1.77. The molecule has 1 amide bonds. The molecular formula is C10H7N3O3S. The van der Waals surface area contributed by atoms with Crippen molar-refractivity contribution in [2.24, 2.45) is 0 Å². The van der Waals surface area contributed by atoms with E-state index in [1.54, 1.807) is 24.4 Å². The molecule has 17 heavy (non-hydrogen) atoms. The van der Waals surface area contributed by atoms with Crippen LogP contribution in [-0.4, -0.2) is 27.0 Å². The highest BCUT2D eigenvalue weighted by molar-refractivity contribution is 7.12. The third-order valence-corrected chi connectivity index (χ3v) is 2.67. The van der Waals surface area contributed by atoms with Gasteiger partial charge in [-0.15, -0.1) is 11.3 Å². The van der Waals surface area contributed by atoms with Gasteiger partial charge in [0.15, 0.2) is 10.7 Å². The molecule has 7 heteroatoms. The third-order valence-electron chi connectivity index (χ3n) is 1.82. The normalized spacial score (nSPS) is 9.88. The van der Waals surface area contributed by atoms with Crippen LogP contribution in [0.5, 0.6) is 0 Å². The van der Waals surface area contributed by atoms with Crippen LogP contribution in [0.1, 0.15) is 20.3 Å². The molecule has 0 fully saturated rings. The Balaban J connectivity index is 2.12. The summed E-state index contributed by atoms with van der Waals surface area (Å²) in [5.41, 5.74) is -0.138. The molecule has 0 saturated heterocycles. The van der Waals surface area contributed by atoms with Gasteiger partial charge in [0, 0.05) is 11.6 Å². The molecule has 2 N–H and O–H groups in total. The monoisotopic (exact) mass is 249 g/mol. The molecule has 0 atom stereocenters. The average Bonchev–Trinajstić information content (AvgIpc) is 2.79. The number of hydrogen-bond donors (Lipinski definition) is 2. The maximum Gasteiger partial charge on any atom is 0.355 e. The number of carboxylic acids is 1. The number of anilines is 1. The summed E-state index contributed by atoms with van der Waals surface area (Å²) < 4.78 is 0. The van der Waals surface area contributed by atoms with Crippen LogP contribution in [0.25, 0.3) is 0 Å². The second-order valence-electron chi connectivity index (χ2n) is 3.01. The van der Waals surface area contributed by atoms with Crippen LogP contribution in [-0.2, 0) is 0 Å². The molecule has 86 valence electrons. The maximum atomic E-state index is 11.7. The first-order valence-corrected chi connectivity index (χ1v) is 5.46. The molecule has 0 radical (unpaired) electrons. The summed E-state index contributed by atoms with van der Waals surface area (Å²) in [5, 5.41) is 12.6. The Labute approximate surface area is 100.0 Å². The van der Waals surface area contributed by atoms with Gasteiger partial charge in [0.05, 0.1) is 0 Å². The van der Waals surface area contributed by atoms with Crippen LogP contribution in [0.3, 0.4) is 0 Å². The maximum absolute atomic E-state index is 11.7. The summed E-state index contributed by atoms with van der Waals surface area (Å²) >= 11 is 0.973. The quantitative estimate of drug-likeness (QED) is 0.859. The van der Waals surface area contributed by atoms with Crippen molar-refractivity contribution in [1.82, 2.24) is 9.97 Å². The first-order chi connectivity index (χ1) is 8.16. The number of pyridine rings is 1. The van der Waals surface area contributed by atoms with E-state index < -0.39 is 11.9 Å². The van der Waals surface area contributed by atoms with Crippen molar-refractivity contribution in [2.45, 2.75) is 0 Å². The molecule has 0 aliphatic heterocycles. The Morgan fingerprint density at radius 1 is 1.35 bits per heavy atom. The number of amides is 1. The molecule has 0 unspecified atom stereocenters. The summed E-state index contributed by atoms with van der Waals surface area (Å²) in [6.45, 7) is 0. The van der Waals surface area contributed by atoms with Gasteiger partial charge in [-0.25, -0.2) is 14.8 Å². The smallest absolute Gasteiger partial charge is 0.355 e. The Morgan fingerprint density at radius 2 is 2.18 bits per heavy atom. The van der Waals surface area contributed by atoms with Gasteiger partial charge in [-0.2, -0.15) is 0 Å². The van der Waals surface area contributed by atoms with Crippen molar-refractivity contribution in [3.8, 4) is 0 Å². The van der Waals surface area contributed by atoms with Gasteiger partial charge in [0.25, 0.3) is 5.91 Å². The number of hydrogen-bond acceptors (Lipinski definition) is 5. The molecule has 2 heterocycles. The molecule has 0 aliphatic rings. The third kappa shape index (κ3) is 2.64. The number of aromatic nitrogens is 2. The minimum atomic E-state index is -1.15. The lowest BCUT2D eigenvalue weighted by Crippen LogP contribution is -2.13. The van der Waals surface area contributed by atoms with E-state index in [2.05, 4.69) is 15.3 Å². The predicted molar refractivity (Wildman–Crippen MR) is 61.3 cm³/mol. The molecule has 2 rings (SSSR count). The highest BCUT2D eigenvalue weighted by Gasteiger charge is 2.14. The summed E-state index contributed by atoms with van der Waals surface area (Å²) in [6.07, 6.45) is 1.54. The van der Waals surface area contributed by atoms with E-state index >= 15 is 0 Å². The largest absolute Gasteiger partial charge is 0.476 e. The minimum absolute atomic E-state index is 0.0908. The van der Waals surface area contributed by atoms with Crippen LogP contribution in [0.15, 0.2) is 29.8 Å². The molecular weight excluding hydrogens is 242 g/mol. The lowest BCUT2D eigenvalue weighted by molar-refractivity contribution is 0.0691. The molecule has 0 bridgehead atoms. The zero-order chi connectivity index (χ0) is 12.3. The SMILES string of the molecule is O=C(O)c1csc(C(=O)Nc2ccccn2)n1. The van der Waals surface area contributed by atoms with Crippen molar-refractivity contribution in [3.05, 3.63) is 40.5 Å². The zero-order valence-corrected chi connectivity index (χ0v) is 9.27. The minimum Gasteiger partial charge on any atom is -0.476 e. The lowest BCUT2D eigenvalue weighted by atomic mass is 10.4. The molecule has 0 aliphatic carbocycles. The Bertz CT molecular complexity index is 553. The Hall–Kier alpha value is -2.28. The number of nitrogens with zero attached hydrogens (tertiary/aromatic N) is 2. The molecule has 2 aromatic rings. The van der Waals surface area contributed by atoms with Gasteiger partial charge in [-0.1, -0.05) is 6.07 Å². The van der Waals surface area contributed by atoms with E-state index in [1.165, 1.54) is 5.38 Å². The number of nitrogens with one attached hydrogen (secondary N) is 1. The fourth-order valence-electron chi connectivity index (χ4n) is 1.08. The number of thiazole rings is 1. The van der Waals surface area contributed by atoms with Gasteiger partial charge >= 0.3 is 5.97 Å². The second kappa shape index (κ2) is 4.71. The Kier molecular flexibility index (Phi) is 3.10. The summed E-state index contributed by atoms with van der Waals surface area (Å²) in [4.78, 5) is 29.8. The summed E-state index contributed by atoms with van der Waals surface area (Å²) in [7, 11) is 0. The highest BCUT2D eigenvalue weighted by atomic mass is 32.1. The topological polar surface area (TPSA) is 92.2 Å². The lowest BCUT2D eigenvalue weighted by Gasteiger charge is -1.99. The molecule has 2 aromatic heterocycles. The number of rotatable bonds is 3. The van der Waals surface area contributed by atoms with Crippen molar-refractivity contribution in [3.63, 3.8) is 0 Å². The van der Waals surface area contributed by atoms with Crippen LogP contribution >= 0.6 is 11.3 Å². The van der Waals surface area contributed by atoms with E-state index in [4.69, 9.17) is 5.11 Å². The van der Waals surface area contributed by atoms with E-state index in [0.29, 0.717) is 5.82 Å². The van der Waals surface area contributed by atoms with Crippen LogP contribution in [0.4, 0.5) is 5.82 Å². The number of carbonyl (C=O) groups is 2. The molecule has 6 nitrogen and oxygen atoms in total. The van der Waals surface area contributed by atoms with E-state index in [1.807, 2.05) is 0 Å². The van der Waals surface area contributed by atoms with Crippen molar-refractivity contribution in [2.75, 3.05) is 5.32 Å². The number of carboxylic acid groups (broad SMARTS) is 1. The van der Waals surface area contributed by atoms with Gasteiger partial charge < -0.3 is 10.4 Å². The summed E-state index contributed by atoms with van der Waals surface area (Å²) in [6, 6.07) is 5.08. The van der Waals surface area contributed by atoms with Crippen LogP contribution in [0, 0.1) is 0 Å². The van der Waals surface area contributed by atoms with Crippen molar-refractivity contribution < 1.29 is 14.7 Å². The molecule has 0 aromatic carbocycles. The first kappa shape index (κ1) is 11.2. The zero-order valence-electron chi connectivity index (χ0n) is 8.45. The number of aromatic carboxylic acids is 1. The Morgan fingerprint density at radius 3 is 2.76 bits per heavy atom. The molecule has 0 spiro atoms. The predicted octanol–water partition coefficient (Wildman–Crippen LogP) is 1.49. The first-order valence-electron chi connectivity index (χ1n) is 4.58. The highest BCUT2D eigenvalue weighted by Crippen LogP contribution is 2.11. The standard InChI is InChI=1S/C10H7N3O3S/c14-8(13-7-3-1-2-4-11-7)9-12-6(5-17-9)10(15)16/h1-5H,(H,15,16)(H,11,13,14). The van der Waals surface area contributed by atoms with Gasteiger partial charge in [-0.05, 0) is 12.1 Å². The van der Waals surface area contributed by atoms with Gasteiger partial charge in [-0.3, -0.25) is 4.79 Å². The van der Waals surface area contributed by atoms with E-state index in [9.17, 15) is 9.59 Å². The van der Waals surface area contributed by atoms with Gasteiger partial charge in [0.2, 0.25) is 0 Å². The molecule has 0 saturated carbocycles. The average molecular weight is 249 g/mol. The second-order valence-corrected chi connectivity index (χ2v) is 3.87. The van der Waals surface area contributed by atoms with E-state index in [0.717, 1.165) is 11.3 Å². The fraction of sp³-hybridized carbons (Fsp3) is 0. The van der Waals surface area contributed by atoms with Gasteiger partial charge in [0.1, 0.15) is 5.82 Å². The summed E-state index contributed by atoms with van der Waals surface area (Å²) in [5.74, 6) is -1.23. The van der Waals surface area contributed by atoms with Crippen LogP contribution in [0.2, 0.25) is 0 Å². The van der Waals surface area contributed by atoms with E-state index in [-0.39, 0.29) is 10.7 Å². The van der Waals surface area contributed by atoms with Crippen molar-refractivity contribution in [1.29, 1.82) is 0 Å². The number of carbonyl (C=O) groups excluding carboxylic acids is 1. The van der Waals surface area contributed by atoms with Crippen molar-refractivity contribution >= 4 is 29.0 Å². The van der Waals surface area contributed by atoms with Crippen LogP contribution < -0.4 is 5.32 Å².